The summed E-state index contributed by atoms with van der Waals surface area (Å²) < 4.78 is 37.4. The quantitative estimate of drug-likeness (QED) is 0.727. The summed E-state index contributed by atoms with van der Waals surface area (Å²) in [4.78, 5) is 12.4. The van der Waals surface area contributed by atoms with Crippen LogP contribution in [-0.2, 0) is 19.6 Å². The molecule has 7 nitrogen and oxygen atoms in total. The number of aryl methyl sites for hydroxylation is 2. The minimum absolute atomic E-state index is 0.138. The zero-order chi connectivity index (χ0) is 21.7. The van der Waals surface area contributed by atoms with E-state index in [0.717, 1.165) is 5.56 Å². The van der Waals surface area contributed by atoms with Crippen molar-refractivity contribution >= 4 is 15.9 Å². The molecule has 30 heavy (non-hydrogen) atoms. The number of carbonyl (C=O) groups excluding carboxylic acids is 1. The Bertz CT molecular complexity index is 983. The Balaban J connectivity index is 1.54. The van der Waals surface area contributed by atoms with E-state index in [9.17, 15) is 13.2 Å². The summed E-state index contributed by atoms with van der Waals surface area (Å²) in [6.45, 7) is 7.36. The Kier molecular flexibility index (Phi) is 7.12. The lowest BCUT2D eigenvalue weighted by Crippen LogP contribution is -2.40. The first kappa shape index (κ1) is 22.3. The number of morpholine rings is 1. The first-order chi connectivity index (χ1) is 14.3. The summed E-state index contributed by atoms with van der Waals surface area (Å²) in [5, 5.41) is 2.91. The number of ether oxygens (including phenoxy) is 2. The van der Waals surface area contributed by atoms with E-state index in [1.54, 1.807) is 12.1 Å². The Morgan fingerprint density at radius 1 is 1.10 bits per heavy atom. The number of sulfonamides is 1. The Labute approximate surface area is 178 Å². The third-order valence-corrected chi connectivity index (χ3v) is 7.12. The maximum atomic E-state index is 12.6. The van der Waals surface area contributed by atoms with E-state index >= 15 is 0 Å². The summed E-state index contributed by atoms with van der Waals surface area (Å²) >= 11 is 0. The van der Waals surface area contributed by atoms with Crippen molar-refractivity contribution in [1.29, 1.82) is 0 Å². The van der Waals surface area contributed by atoms with E-state index in [4.69, 9.17) is 9.47 Å². The second kappa shape index (κ2) is 9.59. The normalized spacial score (nSPS) is 16.1. The highest BCUT2D eigenvalue weighted by Gasteiger charge is 2.26. The molecule has 1 heterocycles. The number of rotatable bonds is 7. The zero-order valence-corrected chi connectivity index (χ0v) is 18.4. The second-order valence-electron chi connectivity index (χ2n) is 7.41. The predicted molar refractivity (Wildman–Crippen MR) is 114 cm³/mol. The average molecular weight is 433 g/mol. The van der Waals surface area contributed by atoms with Crippen LogP contribution in [0.15, 0.2) is 47.4 Å². The summed E-state index contributed by atoms with van der Waals surface area (Å²) in [6, 6.07) is 12.1. The summed E-state index contributed by atoms with van der Waals surface area (Å²) in [6.07, 6.45) is 0. The Hall–Kier alpha value is -2.42. The van der Waals surface area contributed by atoms with E-state index < -0.39 is 10.0 Å². The standard InChI is InChI=1S/C22H28N2O5S/c1-16-4-5-19(14-17(16)2)18(3)23-22(25)15-29-20-6-8-21(9-7-20)30(26,27)24-10-12-28-13-11-24/h4-9,14,18H,10-13,15H2,1-3H3,(H,23,25). The highest BCUT2D eigenvalue weighted by atomic mass is 32.2. The summed E-state index contributed by atoms with van der Waals surface area (Å²) in [5.74, 6) is 0.190. The van der Waals surface area contributed by atoms with Crippen LogP contribution >= 0.6 is 0 Å². The van der Waals surface area contributed by atoms with Crippen molar-refractivity contribution in [3.05, 3.63) is 59.2 Å². The molecule has 1 aliphatic rings. The van der Waals surface area contributed by atoms with E-state index in [0.29, 0.717) is 32.1 Å². The van der Waals surface area contributed by atoms with Crippen molar-refractivity contribution in [3.63, 3.8) is 0 Å². The van der Waals surface area contributed by atoms with Gasteiger partial charge in [0.25, 0.3) is 5.91 Å². The van der Waals surface area contributed by atoms with Gasteiger partial charge in [0.15, 0.2) is 6.61 Å². The van der Waals surface area contributed by atoms with Crippen molar-refractivity contribution in [1.82, 2.24) is 9.62 Å². The molecule has 0 saturated carbocycles. The van der Waals surface area contributed by atoms with Gasteiger partial charge in [-0.05, 0) is 61.7 Å². The molecule has 162 valence electrons. The molecule has 3 rings (SSSR count). The topological polar surface area (TPSA) is 84.9 Å². The van der Waals surface area contributed by atoms with Gasteiger partial charge in [-0.1, -0.05) is 18.2 Å². The molecule has 0 radical (unpaired) electrons. The number of amides is 1. The molecule has 0 aliphatic carbocycles. The molecule has 1 amide bonds. The molecule has 1 atom stereocenters. The maximum Gasteiger partial charge on any atom is 0.258 e. The van der Waals surface area contributed by atoms with Gasteiger partial charge in [-0.3, -0.25) is 4.79 Å². The second-order valence-corrected chi connectivity index (χ2v) is 9.35. The lowest BCUT2D eigenvalue weighted by atomic mass is 10.0. The van der Waals surface area contributed by atoms with Gasteiger partial charge in [0.1, 0.15) is 5.75 Å². The number of nitrogens with zero attached hydrogens (tertiary/aromatic N) is 1. The molecular weight excluding hydrogens is 404 g/mol. The van der Waals surface area contributed by atoms with Gasteiger partial charge in [0.2, 0.25) is 10.0 Å². The van der Waals surface area contributed by atoms with Crippen LogP contribution in [-0.4, -0.2) is 51.5 Å². The molecular formula is C22H28N2O5S. The highest BCUT2D eigenvalue weighted by Crippen LogP contribution is 2.21. The SMILES string of the molecule is Cc1ccc(C(C)NC(=O)COc2ccc(S(=O)(=O)N3CCOCC3)cc2)cc1C. The molecule has 2 aromatic carbocycles. The number of benzene rings is 2. The molecule has 1 saturated heterocycles. The molecule has 0 spiro atoms. The van der Waals surface area contributed by atoms with Gasteiger partial charge >= 0.3 is 0 Å². The van der Waals surface area contributed by atoms with Gasteiger partial charge in [0.05, 0.1) is 24.2 Å². The molecule has 0 aromatic heterocycles. The van der Waals surface area contributed by atoms with Crippen molar-refractivity contribution in [2.45, 2.75) is 31.7 Å². The molecule has 0 bridgehead atoms. The van der Waals surface area contributed by atoms with E-state index in [2.05, 4.69) is 11.4 Å². The van der Waals surface area contributed by atoms with Crippen LogP contribution in [0.2, 0.25) is 0 Å². The first-order valence-corrected chi connectivity index (χ1v) is 11.4. The number of hydrogen-bond acceptors (Lipinski definition) is 5. The van der Waals surface area contributed by atoms with Crippen molar-refractivity contribution < 1.29 is 22.7 Å². The average Bonchev–Trinajstić information content (AvgIpc) is 2.75. The lowest BCUT2D eigenvalue weighted by Gasteiger charge is -2.26. The highest BCUT2D eigenvalue weighted by molar-refractivity contribution is 7.89. The van der Waals surface area contributed by atoms with Crippen LogP contribution in [0.1, 0.15) is 29.7 Å². The lowest BCUT2D eigenvalue weighted by molar-refractivity contribution is -0.123. The van der Waals surface area contributed by atoms with Gasteiger partial charge < -0.3 is 14.8 Å². The fourth-order valence-electron chi connectivity index (χ4n) is 3.19. The minimum Gasteiger partial charge on any atom is -0.484 e. The van der Waals surface area contributed by atoms with Crippen LogP contribution in [0, 0.1) is 13.8 Å². The number of nitrogens with one attached hydrogen (secondary N) is 1. The molecule has 1 aliphatic heterocycles. The number of hydrogen-bond donors (Lipinski definition) is 1. The van der Waals surface area contributed by atoms with Gasteiger partial charge in [-0.15, -0.1) is 0 Å². The summed E-state index contributed by atoms with van der Waals surface area (Å²) in [7, 11) is -3.54. The van der Waals surface area contributed by atoms with Gasteiger partial charge in [-0.25, -0.2) is 8.42 Å². The van der Waals surface area contributed by atoms with Gasteiger partial charge in [0, 0.05) is 13.1 Å². The predicted octanol–water partition coefficient (Wildman–Crippen LogP) is 2.58. The minimum atomic E-state index is -3.54. The van der Waals surface area contributed by atoms with Crippen molar-refractivity contribution in [3.8, 4) is 5.75 Å². The zero-order valence-electron chi connectivity index (χ0n) is 17.6. The van der Waals surface area contributed by atoms with E-state index in [1.165, 1.54) is 27.6 Å². The van der Waals surface area contributed by atoms with Crippen LogP contribution in [0.4, 0.5) is 0 Å². The van der Waals surface area contributed by atoms with E-state index in [1.807, 2.05) is 32.9 Å². The van der Waals surface area contributed by atoms with Crippen LogP contribution in [0.3, 0.4) is 0 Å². The smallest absolute Gasteiger partial charge is 0.258 e. The van der Waals surface area contributed by atoms with Gasteiger partial charge in [-0.2, -0.15) is 4.31 Å². The fraction of sp³-hybridized carbons (Fsp3) is 0.409. The van der Waals surface area contributed by atoms with E-state index in [-0.39, 0.29) is 23.5 Å². The van der Waals surface area contributed by atoms with Crippen LogP contribution < -0.4 is 10.1 Å². The third-order valence-electron chi connectivity index (χ3n) is 5.21. The molecule has 1 unspecified atom stereocenters. The summed E-state index contributed by atoms with van der Waals surface area (Å²) in [5.41, 5.74) is 3.42. The largest absolute Gasteiger partial charge is 0.484 e. The molecule has 2 aromatic rings. The monoisotopic (exact) mass is 432 g/mol. The van der Waals surface area contributed by atoms with Crippen molar-refractivity contribution in [2.24, 2.45) is 0 Å². The van der Waals surface area contributed by atoms with Crippen LogP contribution in [0.5, 0.6) is 5.75 Å². The Morgan fingerprint density at radius 2 is 1.77 bits per heavy atom. The van der Waals surface area contributed by atoms with Crippen molar-refractivity contribution in [2.75, 3.05) is 32.9 Å². The molecule has 1 N–H and O–H groups in total. The molecule has 8 heteroatoms. The fourth-order valence-corrected chi connectivity index (χ4v) is 4.60. The number of carbonyl (C=O) groups is 1. The Morgan fingerprint density at radius 3 is 2.40 bits per heavy atom. The first-order valence-electron chi connectivity index (χ1n) is 9.94. The third kappa shape index (κ3) is 5.38. The molecule has 1 fully saturated rings. The maximum absolute atomic E-state index is 12.6. The van der Waals surface area contributed by atoms with Crippen LogP contribution in [0.25, 0.3) is 0 Å².